The van der Waals surface area contributed by atoms with Gasteiger partial charge in [-0.25, -0.2) is 4.98 Å². The van der Waals surface area contributed by atoms with Gasteiger partial charge in [-0.15, -0.1) is 29.7 Å². The maximum atomic E-state index is 6.79. The van der Waals surface area contributed by atoms with Crippen LogP contribution in [0.5, 0.6) is 11.5 Å². The van der Waals surface area contributed by atoms with Crippen LogP contribution < -0.4 is 25.1 Å². The van der Waals surface area contributed by atoms with E-state index >= 15 is 0 Å². The van der Waals surface area contributed by atoms with Gasteiger partial charge in [-0.3, -0.25) is 4.57 Å². The summed E-state index contributed by atoms with van der Waals surface area (Å²) in [5.74, 6) is 4.49. The summed E-state index contributed by atoms with van der Waals surface area (Å²) in [4.78, 5) is 8.48. The number of thioether (sulfide) groups is 1. The van der Waals surface area contributed by atoms with Crippen LogP contribution >= 0.6 is 11.8 Å². The minimum atomic E-state index is -0.0654. The summed E-state index contributed by atoms with van der Waals surface area (Å²) in [6.07, 6.45) is 5.72. The van der Waals surface area contributed by atoms with Gasteiger partial charge in [-0.1, -0.05) is 207 Å². The number of hydrogen-bond acceptors (Lipinski definition) is 4. The fraction of sp³-hybridized carbons (Fsp3) is 0.0667. The van der Waals surface area contributed by atoms with Crippen LogP contribution in [0.25, 0.3) is 55.8 Å². The zero-order valence-corrected chi connectivity index (χ0v) is 40.7. The van der Waals surface area contributed by atoms with E-state index in [2.05, 4.69) is 235 Å². The van der Waals surface area contributed by atoms with Gasteiger partial charge in [-0.2, -0.15) is 18.2 Å². The van der Waals surface area contributed by atoms with E-state index in [-0.39, 0.29) is 33.2 Å². The molecule has 2 aliphatic heterocycles. The normalized spacial score (nSPS) is 12.8. The number of rotatable bonds is 8. The molecule has 330 valence electrons. The number of aromatic nitrogens is 3. The quantitative estimate of drug-likeness (QED) is 0.0863. The van der Waals surface area contributed by atoms with Crippen molar-refractivity contribution in [1.29, 1.82) is 0 Å². The van der Waals surface area contributed by atoms with E-state index in [1.54, 1.807) is 11.8 Å². The first kappa shape index (κ1) is 43.4. The predicted molar refractivity (Wildman–Crippen MR) is 275 cm³/mol. The Morgan fingerprint density at radius 2 is 1.19 bits per heavy atom. The summed E-state index contributed by atoms with van der Waals surface area (Å²) >= 11 is 1.80. The molecule has 2 aromatic heterocycles. The van der Waals surface area contributed by atoms with E-state index in [1.807, 2.05) is 24.4 Å². The number of ether oxygens (including phenoxy) is 1. The van der Waals surface area contributed by atoms with Gasteiger partial charge in [0.2, 0.25) is 0 Å². The third kappa shape index (κ3) is 7.70. The van der Waals surface area contributed by atoms with E-state index < -0.39 is 0 Å². The van der Waals surface area contributed by atoms with Crippen molar-refractivity contribution >= 4 is 51.9 Å². The third-order valence-corrected chi connectivity index (χ3v) is 13.9. The number of imidazole rings is 1. The van der Waals surface area contributed by atoms with Crippen molar-refractivity contribution in [2.24, 2.45) is 0 Å². The fourth-order valence-electron chi connectivity index (χ4n) is 9.61. The molecule has 68 heavy (non-hydrogen) atoms. The smallest absolute Gasteiger partial charge is 0.268 e. The first-order chi connectivity index (χ1) is 32.9. The zero-order valence-electron chi connectivity index (χ0n) is 37.6. The molecular weight excluding hydrogens is 1030 g/mol. The number of anilines is 2. The first-order valence-corrected chi connectivity index (χ1v) is 23.5. The second-order valence-corrected chi connectivity index (χ2v) is 19.0. The molecule has 0 aliphatic carbocycles. The summed E-state index contributed by atoms with van der Waals surface area (Å²) in [6.45, 7) is 6.77. The van der Waals surface area contributed by atoms with Gasteiger partial charge in [0.25, 0.3) is 6.33 Å². The Balaban J connectivity index is 0.00000507. The number of fused-ring (bicyclic) bond motifs is 6. The van der Waals surface area contributed by atoms with Crippen molar-refractivity contribution in [3.63, 3.8) is 0 Å². The zero-order chi connectivity index (χ0) is 45.1. The van der Waals surface area contributed by atoms with Crippen molar-refractivity contribution in [2.45, 2.75) is 31.1 Å². The van der Waals surface area contributed by atoms with Crippen LogP contribution in [0.2, 0.25) is 0 Å². The van der Waals surface area contributed by atoms with Gasteiger partial charge in [0, 0.05) is 38.8 Å². The van der Waals surface area contributed by atoms with Gasteiger partial charge in [0.1, 0.15) is 5.82 Å². The van der Waals surface area contributed by atoms with Gasteiger partial charge in [0.15, 0.2) is 6.71 Å². The van der Waals surface area contributed by atoms with E-state index in [9.17, 15) is 0 Å². The summed E-state index contributed by atoms with van der Waals surface area (Å²) < 4.78 is 11.1. The maximum absolute atomic E-state index is 6.79. The summed E-state index contributed by atoms with van der Waals surface area (Å²) in [5, 5.41) is 1.12. The van der Waals surface area contributed by atoms with Crippen LogP contribution in [0.1, 0.15) is 26.3 Å². The van der Waals surface area contributed by atoms with E-state index in [0.29, 0.717) is 11.5 Å². The molecule has 2 aliphatic rings. The average Bonchev–Trinajstić information content (AvgIpc) is 3.96. The van der Waals surface area contributed by atoms with Crippen molar-refractivity contribution in [3.05, 3.63) is 235 Å². The van der Waals surface area contributed by atoms with Crippen LogP contribution in [0.4, 0.5) is 11.5 Å². The minimum Gasteiger partial charge on any atom is -0.510 e. The molecule has 12 rings (SSSR count). The topological polar surface area (TPSA) is 34.2 Å². The van der Waals surface area contributed by atoms with Gasteiger partial charge < -0.3 is 14.2 Å². The van der Waals surface area contributed by atoms with E-state index in [1.165, 1.54) is 27.0 Å². The molecular formula is C60H43BN4OPtS-2. The van der Waals surface area contributed by atoms with Crippen molar-refractivity contribution in [1.82, 2.24) is 9.55 Å². The molecule has 0 atom stereocenters. The number of benzene rings is 8. The third-order valence-electron chi connectivity index (χ3n) is 12.7. The SMILES string of the molecule is CC(C)(C)c1ccnc2c1SC1=CB(c3ccccc3-c3ccccc3)c3ccc(Oc4[c-]c(-n5[c-][n+](-c6c(-c7ccccc7)cccc6-c6ccccc6)c6ccccc65)ccc4)[c-]c3N12.[Pt]. The Hall–Kier alpha value is -7.18. The molecule has 0 radical (unpaired) electrons. The molecule has 4 heterocycles. The van der Waals surface area contributed by atoms with Crippen molar-refractivity contribution in [3.8, 4) is 56.3 Å². The van der Waals surface area contributed by atoms with Crippen LogP contribution in [-0.2, 0) is 26.5 Å². The Kier molecular flexibility index (Phi) is 11.4. The minimum absolute atomic E-state index is 0. The molecule has 0 amide bonds. The Bertz CT molecular complexity index is 3480. The summed E-state index contributed by atoms with van der Waals surface area (Å²) in [5.41, 5.74) is 15.3. The second-order valence-electron chi connectivity index (χ2n) is 18.0. The van der Waals surface area contributed by atoms with Crippen LogP contribution in [0.15, 0.2) is 216 Å². The molecule has 0 saturated carbocycles. The molecule has 0 saturated heterocycles. The number of hydrogen-bond donors (Lipinski definition) is 0. The first-order valence-electron chi connectivity index (χ1n) is 22.7. The molecule has 0 spiro atoms. The molecule has 8 aromatic carbocycles. The number of nitrogens with zero attached hydrogens (tertiary/aromatic N) is 4. The van der Waals surface area contributed by atoms with Crippen LogP contribution in [-0.4, -0.2) is 16.3 Å². The molecule has 8 heteroatoms. The average molecular weight is 1070 g/mol. The van der Waals surface area contributed by atoms with E-state index in [0.717, 1.165) is 66.7 Å². The Morgan fingerprint density at radius 1 is 0.588 bits per heavy atom. The van der Waals surface area contributed by atoms with Gasteiger partial charge in [0.05, 0.1) is 26.6 Å². The van der Waals surface area contributed by atoms with Crippen LogP contribution in [0, 0.1) is 18.5 Å². The molecule has 0 N–H and O–H groups in total. The molecule has 10 aromatic rings. The fourth-order valence-corrected chi connectivity index (χ4v) is 11.0. The predicted octanol–water partition coefficient (Wildman–Crippen LogP) is 13.0. The van der Waals surface area contributed by atoms with Crippen LogP contribution in [0.3, 0.4) is 0 Å². The molecule has 0 unspecified atom stereocenters. The molecule has 5 nitrogen and oxygen atoms in total. The largest absolute Gasteiger partial charge is 0.510 e. The monoisotopic (exact) mass is 1070 g/mol. The van der Waals surface area contributed by atoms with Crippen molar-refractivity contribution in [2.75, 3.05) is 4.90 Å². The standard InChI is InChI=1S/C60H43BN4OS.Pt/c1-60(2,3)50-35-36-62-59-58(50)67-56-39-61(51-30-14-13-27-47(51)41-19-7-4-8-20-41)52-34-33-46(38-55(52)65(56)59)66-45-26-17-25-44(37-45)63-40-64(54-32-16-15-31-53(54)63)57-48(42-21-9-5-10-22-42)28-18-29-49(57)43-23-11-6-12-24-43;/h4-36,39H,1-3H3;/q-2;. The summed E-state index contributed by atoms with van der Waals surface area (Å²) in [7, 11) is 0. The number of pyridine rings is 1. The number of para-hydroxylation sites is 3. The maximum Gasteiger partial charge on any atom is 0.268 e. The second kappa shape index (κ2) is 17.8. The van der Waals surface area contributed by atoms with E-state index in [4.69, 9.17) is 9.72 Å². The van der Waals surface area contributed by atoms with Gasteiger partial charge in [-0.05, 0) is 56.1 Å². The molecule has 0 fully saturated rings. The Labute approximate surface area is 416 Å². The molecule has 0 bridgehead atoms. The summed E-state index contributed by atoms with van der Waals surface area (Å²) in [6, 6.07) is 75.4. The van der Waals surface area contributed by atoms with Crippen molar-refractivity contribution < 1.29 is 30.4 Å². The Morgan fingerprint density at radius 3 is 1.90 bits per heavy atom. The van der Waals surface area contributed by atoms with Gasteiger partial charge >= 0.3 is 0 Å².